The fourth-order valence-corrected chi connectivity index (χ4v) is 2.59. The summed E-state index contributed by atoms with van der Waals surface area (Å²) in [6, 6.07) is 9.44. The zero-order valence-electron chi connectivity index (χ0n) is 12.0. The summed E-state index contributed by atoms with van der Waals surface area (Å²) >= 11 is 0. The lowest BCUT2D eigenvalue weighted by Crippen LogP contribution is -2.23. The molecule has 5 heteroatoms. The van der Waals surface area contributed by atoms with Gasteiger partial charge in [0.1, 0.15) is 11.5 Å². The Balaban J connectivity index is 2.27. The summed E-state index contributed by atoms with van der Waals surface area (Å²) in [7, 11) is 1.44. The van der Waals surface area contributed by atoms with Crippen LogP contribution in [-0.4, -0.2) is 24.6 Å². The average Bonchev–Trinajstić information content (AvgIpc) is 2.51. The van der Waals surface area contributed by atoms with Gasteiger partial charge in [-0.1, -0.05) is 24.3 Å². The van der Waals surface area contributed by atoms with Crippen molar-refractivity contribution >= 4 is 17.5 Å². The van der Waals surface area contributed by atoms with Crippen LogP contribution in [0.3, 0.4) is 0 Å². The van der Waals surface area contributed by atoms with Crippen LogP contribution in [0.2, 0.25) is 0 Å². The predicted molar refractivity (Wildman–Crippen MR) is 77.6 cm³/mol. The molecular weight excluding hydrogens is 284 g/mol. The first-order valence-corrected chi connectivity index (χ1v) is 6.62. The van der Waals surface area contributed by atoms with Crippen molar-refractivity contribution in [2.24, 2.45) is 0 Å². The number of rotatable bonds is 2. The Morgan fingerprint density at radius 2 is 1.36 bits per heavy atom. The van der Waals surface area contributed by atoms with E-state index in [2.05, 4.69) is 0 Å². The number of hydrogen-bond donors (Lipinski definition) is 0. The first-order chi connectivity index (χ1) is 10.5. The Hall–Kier alpha value is -2.95. The first-order valence-electron chi connectivity index (χ1n) is 6.62. The van der Waals surface area contributed by atoms with Gasteiger partial charge in [0.05, 0.1) is 18.2 Å². The van der Waals surface area contributed by atoms with Gasteiger partial charge in [0, 0.05) is 18.1 Å². The van der Waals surface area contributed by atoms with Gasteiger partial charge in [-0.2, -0.15) is 0 Å². The van der Waals surface area contributed by atoms with Crippen molar-refractivity contribution in [1.29, 1.82) is 0 Å². The van der Waals surface area contributed by atoms with E-state index in [1.807, 2.05) is 0 Å². The van der Waals surface area contributed by atoms with Crippen molar-refractivity contribution in [1.82, 2.24) is 0 Å². The molecule has 0 heterocycles. The second-order valence-electron chi connectivity index (χ2n) is 4.81. The molecule has 110 valence electrons. The monoisotopic (exact) mass is 296 g/mol. The fourth-order valence-electron chi connectivity index (χ4n) is 2.59. The summed E-state index contributed by atoms with van der Waals surface area (Å²) in [5, 5.41) is 0. The minimum atomic E-state index is -0.551. The number of ketones is 2. The smallest absolute Gasteiger partial charge is 0.308 e. The van der Waals surface area contributed by atoms with Crippen LogP contribution in [0.4, 0.5) is 0 Å². The topological polar surface area (TPSA) is 69.7 Å². The zero-order valence-corrected chi connectivity index (χ0v) is 12.0. The highest BCUT2D eigenvalue weighted by atomic mass is 16.5. The van der Waals surface area contributed by atoms with Crippen molar-refractivity contribution in [3.05, 3.63) is 58.7 Å². The van der Waals surface area contributed by atoms with E-state index in [-0.39, 0.29) is 39.6 Å². The van der Waals surface area contributed by atoms with E-state index in [9.17, 15) is 14.4 Å². The van der Waals surface area contributed by atoms with E-state index in [0.29, 0.717) is 5.75 Å². The Morgan fingerprint density at radius 3 is 1.86 bits per heavy atom. The number of ether oxygens (including phenoxy) is 2. The molecular formula is C17H12O5. The van der Waals surface area contributed by atoms with E-state index in [0.717, 1.165) is 0 Å². The van der Waals surface area contributed by atoms with Gasteiger partial charge in [-0.25, -0.2) is 0 Å². The van der Waals surface area contributed by atoms with Crippen molar-refractivity contribution in [3.8, 4) is 11.5 Å². The number of carbonyl (C=O) groups excluding carboxylic acids is 3. The highest BCUT2D eigenvalue weighted by molar-refractivity contribution is 6.30. The fraction of sp³-hybridized carbons (Fsp3) is 0.118. The second kappa shape index (κ2) is 5.11. The average molecular weight is 296 g/mol. The van der Waals surface area contributed by atoms with Crippen LogP contribution in [0, 0.1) is 0 Å². The van der Waals surface area contributed by atoms with E-state index in [4.69, 9.17) is 9.47 Å². The molecule has 0 fully saturated rings. The van der Waals surface area contributed by atoms with Crippen LogP contribution >= 0.6 is 0 Å². The summed E-state index contributed by atoms with van der Waals surface area (Å²) < 4.78 is 10.2. The lowest BCUT2D eigenvalue weighted by molar-refractivity contribution is -0.131. The molecule has 1 aliphatic rings. The molecule has 2 aromatic carbocycles. The molecule has 0 radical (unpaired) electrons. The Labute approximate surface area is 126 Å². The van der Waals surface area contributed by atoms with Crippen molar-refractivity contribution in [2.45, 2.75) is 6.92 Å². The lowest BCUT2D eigenvalue weighted by Gasteiger charge is -2.21. The predicted octanol–water partition coefficient (Wildman–Crippen LogP) is 2.40. The van der Waals surface area contributed by atoms with E-state index in [1.165, 1.54) is 26.2 Å². The molecule has 0 saturated carbocycles. The molecule has 22 heavy (non-hydrogen) atoms. The molecule has 0 aromatic heterocycles. The van der Waals surface area contributed by atoms with Crippen LogP contribution in [0.5, 0.6) is 11.5 Å². The molecule has 3 rings (SSSR count). The van der Waals surface area contributed by atoms with Crippen molar-refractivity contribution in [3.63, 3.8) is 0 Å². The molecule has 2 aromatic rings. The number of carbonyl (C=O) groups is 3. The maximum absolute atomic E-state index is 12.7. The second-order valence-corrected chi connectivity index (χ2v) is 4.81. The molecule has 5 nitrogen and oxygen atoms in total. The largest absolute Gasteiger partial charge is 0.496 e. The molecule has 1 aliphatic carbocycles. The van der Waals surface area contributed by atoms with Gasteiger partial charge in [0.15, 0.2) is 11.6 Å². The maximum Gasteiger partial charge on any atom is 0.308 e. The van der Waals surface area contributed by atoms with Gasteiger partial charge in [-0.05, 0) is 12.1 Å². The van der Waals surface area contributed by atoms with Crippen molar-refractivity contribution in [2.75, 3.05) is 7.11 Å². The van der Waals surface area contributed by atoms with Gasteiger partial charge in [-0.15, -0.1) is 0 Å². The Bertz CT molecular complexity index is 820. The summed E-state index contributed by atoms with van der Waals surface area (Å²) in [5.41, 5.74) is 0.808. The molecule has 0 atom stereocenters. The molecule has 0 unspecified atom stereocenters. The van der Waals surface area contributed by atoms with Gasteiger partial charge < -0.3 is 9.47 Å². The molecule has 0 saturated heterocycles. The van der Waals surface area contributed by atoms with Crippen LogP contribution in [0.25, 0.3) is 0 Å². The number of methoxy groups -OCH3 is 1. The molecule has 0 spiro atoms. The third-order valence-corrected chi connectivity index (χ3v) is 3.47. The number of fused-ring (bicyclic) bond motifs is 2. The molecule has 0 bridgehead atoms. The molecule has 0 N–H and O–H groups in total. The van der Waals surface area contributed by atoms with Gasteiger partial charge in [0.25, 0.3) is 0 Å². The third kappa shape index (κ3) is 1.98. The summed E-state index contributed by atoms with van der Waals surface area (Å²) in [4.78, 5) is 36.6. The minimum absolute atomic E-state index is 0.0943. The summed E-state index contributed by atoms with van der Waals surface area (Å²) in [6.45, 7) is 1.24. The Kier molecular flexibility index (Phi) is 3.25. The highest BCUT2D eigenvalue weighted by Gasteiger charge is 2.34. The van der Waals surface area contributed by atoms with Gasteiger partial charge >= 0.3 is 5.97 Å². The van der Waals surface area contributed by atoms with Crippen LogP contribution in [-0.2, 0) is 4.79 Å². The Morgan fingerprint density at radius 1 is 0.864 bits per heavy atom. The standard InChI is InChI=1S/C17H12O5/c1-9(18)22-13-8-4-6-11-15(13)17(20)10-5-3-7-12(21-2)14(10)16(11)19/h3-8H,1-2H3. The van der Waals surface area contributed by atoms with Crippen molar-refractivity contribution < 1.29 is 23.9 Å². The molecule has 0 amide bonds. The van der Waals surface area contributed by atoms with Gasteiger partial charge in [-0.3, -0.25) is 14.4 Å². The van der Waals surface area contributed by atoms with E-state index in [1.54, 1.807) is 24.3 Å². The quantitative estimate of drug-likeness (QED) is 0.536. The summed E-state index contributed by atoms with van der Waals surface area (Å²) in [6.07, 6.45) is 0. The summed E-state index contributed by atoms with van der Waals surface area (Å²) in [5.74, 6) is -0.794. The lowest BCUT2D eigenvalue weighted by atomic mass is 9.83. The van der Waals surface area contributed by atoms with Crippen LogP contribution in [0.1, 0.15) is 38.8 Å². The maximum atomic E-state index is 12.7. The molecule has 0 aliphatic heterocycles. The zero-order chi connectivity index (χ0) is 15.9. The van der Waals surface area contributed by atoms with Gasteiger partial charge in [0.2, 0.25) is 0 Å². The van der Waals surface area contributed by atoms with Crippen LogP contribution < -0.4 is 9.47 Å². The van der Waals surface area contributed by atoms with Crippen LogP contribution in [0.15, 0.2) is 36.4 Å². The SMILES string of the molecule is COc1cccc2c1C(=O)c1cccc(OC(C)=O)c1C2=O. The third-order valence-electron chi connectivity index (χ3n) is 3.47. The normalized spacial score (nSPS) is 12.5. The van der Waals surface area contributed by atoms with E-state index < -0.39 is 5.97 Å². The number of benzene rings is 2. The minimum Gasteiger partial charge on any atom is -0.496 e. The number of hydrogen-bond acceptors (Lipinski definition) is 5. The van der Waals surface area contributed by atoms with E-state index >= 15 is 0 Å². The highest BCUT2D eigenvalue weighted by Crippen LogP contribution is 2.36. The number of esters is 1. The first kappa shape index (κ1) is 14.0.